The average molecular weight is 681 g/mol. The van der Waals surface area contributed by atoms with Crippen LogP contribution in [0.15, 0.2) is 70.5 Å². The fraction of sp³-hybridized carbons (Fsp3) is 0.148. The maximum atomic E-state index is 13.0. The van der Waals surface area contributed by atoms with Crippen molar-refractivity contribution in [1.82, 2.24) is 4.90 Å². The van der Waals surface area contributed by atoms with Gasteiger partial charge in [-0.05, 0) is 100 Å². The number of nitrogens with one attached hydrogen (secondary N) is 1. The normalized spacial score (nSPS) is 14.2. The molecule has 1 saturated heterocycles. The monoisotopic (exact) mass is 680 g/mol. The lowest BCUT2D eigenvalue weighted by Gasteiger charge is -2.14. The highest BCUT2D eigenvalue weighted by Crippen LogP contribution is 2.37. The van der Waals surface area contributed by atoms with Crippen LogP contribution in [0.5, 0.6) is 11.5 Å². The lowest BCUT2D eigenvalue weighted by Crippen LogP contribution is -2.36. The first kappa shape index (κ1) is 28.3. The molecule has 3 aromatic carbocycles. The lowest BCUT2D eigenvalue weighted by molar-refractivity contribution is -0.127. The molecule has 7 nitrogen and oxygen atoms in total. The number of methoxy groups -OCH3 is 1. The Hall–Kier alpha value is -2.67. The van der Waals surface area contributed by atoms with Crippen LogP contribution in [0.25, 0.3) is 6.08 Å². The van der Waals surface area contributed by atoms with Crippen molar-refractivity contribution in [3.63, 3.8) is 0 Å². The lowest BCUT2D eigenvalue weighted by atomic mass is 10.1. The minimum absolute atomic E-state index is 0.222. The molecule has 4 rings (SSSR count). The average Bonchev–Trinajstić information content (AvgIpc) is 3.15. The van der Waals surface area contributed by atoms with Gasteiger partial charge in [-0.3, -0.25) is 19.3 Å². The van der Waals surface area contributed by atoms with Crippen LogP contribution in [-0.4, -0.2) is 41.9 Å². The molecule has 11 heteroatoms. The Morgan fingerprint density at radius 2 is 1.92 bits per heavy atom. The van der Waals surface area contributed by atoms with E-state index in [1.54, 1.807) is 42.1 Å². The smallest absolute Gasteiger partial charge is 0.294 e. The maximum absolute atomic E-state index is 13.0. The molecule has 1 aliphatic rings. The Kier molecular flexibility index (Phi) is 9.64. The van der Waals surface area contributed by atoms with Crippen LogP contribution >= 0.6 is 57.7 Å². The van der Waals surface area contributed by atoms with E-state index in [1.807, 2.05) is 42.7 Å². The summed E-state index contributed by atoms with van der Waals surface area (Å²) in [4.78, 5) is 40.2. The second kappa shape index (κ2) is 12.9. The van der Waals surface area contributed by atoms with Gasteiger partial charge in [0, 0.05) is 15.6 Å². The highest BCUT2D eigenvalue weighted by Gasteiger charge is 2.36. The summed E-state index contributed by atoms with van der Waals surface area (Å²) < 4.78 is 12.3. The van der Waals surface area contributed by atoms with E-state index in [4.69, 9.17) is 21.1 Å². The van der Waals surface area contributed by atoms with Gasteiger partial charge in [0.2, 0.25) is 5.91 Å². The SMILES string of the molecule is COc1cc(/C=C2/SC(=O)N(CC(=O)Nc3cccc(SC)c3)C2=O)cc(I)c1OCc1ccc(Cl)cc1. The van der Waals surface area contributed by atoms with Crippen LogP contribution in [0.2, 0.25) is 5.02 Å². The Labute approximate surface area is 247 Å². The molecule has 0 atom stereocenters. The van der Waals surface area contributed by atoms with Crippen LogP contribution in [0.1, 0.15) is 11.1 Å². The molecule has 1 N–H and O–H groups in total. The number of carbonyl (C=O) groups is 3. The summed E-state index contributed by atoms with van der Waals surface area (Å²) in [5.41, 5.74) is 2.21. The predicted octanol–water partition coefficient (Wildman–Crippen LogP) is 6.93. The number of nitrogens with zero attached hydrogens (tertiary/aromatic N) is 1. The fourth-order valence-electron chi connectivity index (χ4n) is 3.53. The summed E-state index contributed by atoms with van der Waals surface area (Å²) in [6.45, 7) is -0.0464. The summed E-state index contributed by atoms with van der Waals surface area (Å²) in [5.74, 6) is 0.0778. The summed E-state index contributed by atoms with van der Waals surface area (Å²) in [7, 11) is 1.53. The van der Waals surface area contributed by atoms with Crippen molar-refractivity contribution in [1.29, 1.82) is 0 Å². The molecule has 0 aliphatic carbocycles. The number of hydrogen-bond acceptors (Lipinski definition) is 7. The van der Waals surface area contributed by atoms with Crippen LogP contribution in [0.3, 0.4) is 0 Å². The molecule has 1 heterocycles. The zero-order chi connectivity index (χ0) is 27.2. The molecule has 0 bridgehead atoms. The van der Waals surface area contributed by atoms with Crippen molar-refractivity contribution >= 4 is 86.5 Å². The van der Waals surface area contributed by atoms with Crippen molar-refractivity contribution < 1.29 is 23.9 Å². The van der Waals surface area contributed by atoms with Gasteiger partial charge in [0.25, 0.3) is 11.1 Å². The number of rotatable bonds is 9. The number of anilines is 1. The third-order valence-corrected chi connectivity index (χ3v) is 8.06. The van der Waals surface area contributed by atoms with Crippen LogP contribution in [0, 0.1) is 3.57 Å². The number of imide groups is 1. The van der Waals surface area contributed by atoms with Crippen molar-refractivity contribution in [3.8, 4) is 11.5 Å². The number of benzene rings is 3. The number of amides is 3. The predicted molar refractivity (Wildman–Crippen MR) is 161 cm³/mol. The van der Waals surface area contributed by atoms with E-state index >= 15 is 0 Å². The number of ether oxygens (including phenoxy) is 2. The first-order valence-electron chi connectivity index (χ1n) is 11.2. The van der Waals surface area contributed by atoms with Gasteiger partial charge in [0.15, 0.2) is 11.5 Å². The molecule has 1 fully saturated rings. The summed E-state index contributed by atoms with van der Waals surface area (Å²) >= 11 is 10.4. The van der Waals surface area contributed by atoms with Gasteiger partial charge in [-0.2, -0.15) is 0 Å². The largest absolute Gasteiger partial charge is 0.493 e. The maximum Gasteiger partial charge on any atom is 0.294 e. The van der Waals surface area contributed by atoms with Crippen molar-refractivity contribution in [3.05, 3.63) is 85.3 Å². The van der Waals surface area contributed by atoms with E-state index in [0.717, 1.165) is 30.7 Å². The van der Waals surface area contributed by atoms with Gasteiger partial charge in [-0.15, -0.1) is 11.8 Å². The zero-order valence-electron chi connectivity index (χ0n) is 20.3. The summed E-state index contributed by atoms with van der Waals surface area (Å²) in [5, 5.41) is 2.89. The topological polar surface area (TPSA) is 84.9 Å². The van der Waals surface area contributed by atoms with Crippen LogP contribution in [-0.2, 0) is 16.2 Å². The molecular formula is C27H22ClIN2O5S2. The van der Waals surface area contributed by atoms with Crippen LogP contribution in [0.4, 0.5) is 10.5 Å². The van der Waals surface area contributed by atoms with Gasteiger partial charge in [0.1, 0.15) is 13.2 Å². The summed E-state index contributed by atoms with van der Waals surface area (Å²) in [6.07, 6.45) is 3.55. The quantitative estimate of drug-likeness (QED) is 0.149. The van der Waals surface area contributed by atoms with E-state index in [9.17, 15) is 14.4 Å². The molecule has 196 valence electrons. The minimum Gasteiger partial charge on any atom is -0.493 e. The minimum atomic E-state index is -0.523. The number of hydrogen-bond donors (Lipinski definition) is 1. The van der Waals surface area contributed by atoms with E-state index in [-0.39, 0.29) is 11.4 Å². The molecular weight excluding hydrogens is 659 g/mol. The third kappa shape index (κ3) is 7.04. The van der Waals surface area contributed by atoms with Gasteiger partial charge in [-0.25, -0.2) is 0 Å². The van der Waals surface area contributed by atoms with E-state index in [2.05, 4.69) is 27.9 Å². The second-order valence-electron chi connectivity index (χ2n) is 8.00. The molecule has 3 aromatic rings. The first-order chi connectivity index (χ1) is 18.3. The highest BCUT2D eigenvalue weighted by molar-refractivity contribution is 14.1. The molecule has 0 spiro atoms. The molecule has 0 unspecified atom stereocenters. The number of carbonyl (C=O) groups excluding carboxylic acids is 3. The Balaban J connectivity index is 1.45. The van der Waals surface area contributed by atoms with Gasteiger partial charge in [0.05, 0.1) is 15.6 Å². The Morgan fingerprint density at radius 1 is 1.16 bits per heavy atom. The zero-order valence-corrected chi connectivity index (χ0v) is 24.9. The molecule has 3 amide bonds. The van der Waals surface area contributed by atoms with Gasteiger partial charge < -0.3 is 14.8 Å². The van der Waals surface area contributed by atoms with E-state index in [0.29, 0.717) is 34.4 Å². The number of halogens is 2. The first-order valence-corrected chi connectivity index (χ1v) is 14.7. The molecule has 1 aliphatic heterocycles. The van der Waals surface area contributed by atoms with Gasteiger partial charge in [-0.1, -0.05) is 29.8 Å². The third-order valence-electron chi connectivity index (χ3n) is 5.37. The molecule has 0 saturated carbocycles. The van der Waals surface area contributed by atoms with E-state index in [1.165, 1.54) is 7.11 Å². The number of thioether (sulfide) groups is 2. The highest BCUT2D eigenvalue weighted by atomic mass is 127. The van der Waals surface area contributed by atoms with Crippen molar-refractivity contribution in [2.45, 2.75) is 11.5 Å². The Bertz CT molecular complexity index is 1420. The molecule has 38 heavy (non-hydrogen) atoms. The Morgan fingerprint density at radius 3 is 2.63 bits per heavy atom. The van der Waals surface area contributed by atoms with Crippen molar-refractivity contribution in [2.75, 3.05) is 25.2 Å². The van der Waals surface area contributed by atoms with E-state index < -0.39 is 17.1 Å². The molecule has 0 radical (unpaired) electrons. The second-order valence-corrected chi connectivity index (χ2v) is 11.5. The summed E-state index contributed by atoms with van der Waals surface area (Å²) in [6, 6.07) is 18.3. The molecule has 0 aromatic heterocycles. The van der Waals surface area contributed by atoms with Crippen LogP contribution < -0.4 is 14.8 Å². The fourth-order valence-corrected chi connectivity index (χ4v) is 5.74. The van der Waals surface area contributed by atoms with Gasteiger partial charge >= 0.3 is 0 Å². The van der Waals surface area contributed by atoms with Crippen molar-refractivity contribution in [2.24, 2.45) is 0 Å². The standard InChI is InChI=1S/C27H22ClIN2O5S2/c1-35-22-11-17(10-21(29)25(22)36-15-16-6-8-18(28)9-7-16)12-23-26(33)31(27(34)38-23)14-24(32)30-19-4-3-5-20(13-19)37-2/h3-13H,14-15H2,1-2H3,(H,30,32)/b23-12+.